The van der Waals surface area contributed by atoms with E-state index in [-0.39, 0.29) is 0 Å². The fourth-order valence-corrected chi connectivity index (χ4v) is 10.6. The van der Waals surface area contributed by atoms with Gasteiger partial charge in [0.2, 0.25) is 0 Å². The molecule has 0 radical (unpaired) electrons. The lowest BCUT2D eigenvalue weighted by Gasteiger charge is -2.27. The molecular weight excluding hydrogens is 821 g/mol. The van der Waals surface area contributed by atoms with Crippen molar-refractivity contribution in [3.05, 3.63) is 267 Å². The summed E-state index contributed by atoms with van der Waals surface area (Å²) < 4.78 is 2.51. The van der Waals surface area contributed by atoms with Gasteiger partial charge in [-0.1, -0.05) is 212 Å². The van der Waals surface area contributed by atoms with Gasteiger partial charge in [0.05, 0.1) is 16.7 Å². The van der Waals surface area contributed by atoms with E-state index in [2.05, 4.69) is 276 Å². The van der Waals surface area contributed by atoms with E-state index < -0.39 is 0 Å². The summed E-state index contributed by atoms with van der Waals surface area (Å²) in [6.45, 7) is 0. The van der Waals surface area contributed by atoms with Crippen LogP contribution in [-0.2, 0) is 0 Å². The highest BCUT2D eigenvalue weighted by atomic mass is 15.1. The Bertz CT molecular complexity index is 4000. The molecule has 0 saturated carbocycles. The zero-order valence-electron chi connectivity index (χ0n) is 37.3. The maximum atomic E-state index is 2.51. The molecule has 0 bridgehead atoms. The second-order valence-corrected chi connectivity index (χ2v) is 17.6. The Balaban J connectivity index is 1.00. The van der Waals surface area contributed by atoms with Gasteiger partial charge in [-0.15, -0.1) is 0 Å². The Morgan fingerprint density at radius 1 is 0.265 bits per heavy atom. The zero-order chi connectivity index (χ0) is 45.0. The quantitative estimate of drug-likeness (QED) is 0.138. The van der Waals surface area contributed by atoms with E-state index in [1.165, 1.54) is 93.1 Å². The van der Waals surface area contributed by atoms with Crippen molar-refractivity contribution in [3.8, 4) is 50.2 Å². The van der Waals surface area contributed by atoms with Gasteiger partial charge in [-0.05, 0) is 120 Å². The van der Waals surface area contributed by atoms with Crippen LogP contribution in [0.25, 0.3) is 104 Å². The van der Waals surface area contributed by atoms with E-state index in [0.717, 1.165) is 28.3 Å². The van der Waals surface area contributed by atoms with Crippen molar-refractivity contribution in [2.75, 3.05) is 4.90 Å². The number of hydrogen-bond donors (Lipinski definition) is 0. The van der Waals surface area contributed by atoms with Crippen LogP contribution in [0.4, 0.5) is 17.1 Å². The molecule has 0 amide bonds. The van der Waals surface area contributed by atoms with Crippen LogP contribution < -0.4 is 4.90 Å². The molecule has 0 atom stereocenters. The van der Waals surface area contributed by atoms with Crippen molar-refractivity contribution in [3.63, 3.8) is 0 Å². The van der Waals surface area contributed by atoms with Gasteiger partial charge in [0, 0.05) is 38.8 Å². The minimum Gasteiger partial charge on any atom is -0.310 e. The van der Waals surface area contributed by atoms with Crippen LogP contribution in [0.3, 0.4) is 0 Å². The van der Waals surface area contributed by atoms with Crippen LogP contribution in [0.5, 0.6) is 0 Å². The predicted molar refractivity (Wildman–Crippen MR) is 290 cm³/mol. The molecule has 0 spiro atoms. The van der Waals surface area contributed by atoms with E-state index in [9.17, 15) is 0 Å². The number of benzene rings is 12. The first-order valence-corrected chi connectivity index (χ1v) is 23.4. The lowest BCUT2D eigenvalue weighted by atomic mass is 9.92. The minimum absolute atomic E-state index is 1.07. The average molecular weight is 865 g/mol. The molecule has 68 heavy (non-hydrogen) atoms. The summed E-state index contributed by atoms with van der Waals surface area (Å²) >= 11 is 0. The third-order valence-electron chi connectivity index (χ3n) is 13.8. The molecule has 0 aliphatic heterocycles. The lowest BCUT2D eigenvalue weighted by Crippen LogP contribution is -2.10. The summed E-state index contributed by atoms with van der Waals surface area (Å²) in [6.07, 6.45) is 0. The Kier molecular flexibility index (Phi) is 9.54. The fraction of sp³-hybridized carbons (Fsp3) is 0. The summed E-state index contributed by atoms with van der Waals surface area (Å²) in [4.78, 5) is 2.40. The molecule has 13 aromatic rings. The van der Waals surface area contributed by atoms with Gasteiger partial charge in [-0.2, -0.15) is 0 Å². The third-order valence-corrected chi connectivity index (χ3v) is 13.8. The summed E-state index contributed by atoms with van der Waals surface area (Å²) in [5.41, 5.74) is 16.3. The van der Waals surface area contributed by atoms with Crippen LogP contribution in [0.2, 0.25) is 0 Å². The summed E-state index contributed by atoms with van der Waals surface area (Å²) in [7, 11) is 0. The largest absolute Gasteiger partial charge is 0.310 e. The first kappa shape index (κ1) is 39.4. The summed E-state index contributed by atoms with van der Waals surface area (Å²) in [5.74, 6) is 0. The summed E-state index contributed by atoms with van der Waals surface area (Å²) in [6, 6.07) is 97.5. The number of nitrogens with zero attached hydrogens (tertiary/aromatic N) is 2. The molecule has 0 fully saturated rings. The van der Waals surface area contributed by atoms with Crippen LogP contribution in [-0.4, -0.2) is 4.57 Å². The van der Waals surface area contributed by atoms with Crippen LogP contribution in [0.15, 0.2) is 267 Å². The number of aromatic nitrogens is 1. The van der Waals surface area contributed by atoms with Gasteiger partial charge in [-0.25, -0.2) is 0 Å². The maximum Gasteiger partial charge on any atom is 0.0619 e. The van der Waals surface area contributed by atoms with Gasteiger partial charge in [0.15, 0.2) is 0 Å². The van der Waals surface area contributed by atoms with Crippen molar-refractivity contribution in [2.24, 2.45) is 0 Å². The Labute approximate surface area is 395 Å². The highest BCUT2D eigenvalue weighted by Crippen LogP contribution is 2.45. The van der Waals surface area contributed by atoms with E-state index in [4.69, 9.17) is 0 Å². The van der Waals surface area contributed by atoms with E-state index in [1.807, 2.05) is 0 Å². The molecule has 0 unspecified atom stereocenters. The van der Waals surface area contributed by atoms with Crippen molar-refractivity contribution in [1.29, 1.82) is 0 Å². The monoisotopic (exact) mass is 864 g/mol. The second kappa shape index (κ2) is 16.5. The highest BCUT2D eigenvalue weighted by Gasteiger charge is 2.22. The average Bonchev–Trinajstić information content (AvgIpc) is 3.76. The van der Waals surface area contributed by atoms with Crippen molar-refractivity contribution in [1.82, 2.24) is 4.57 Å². The molecule has 1 heterocycles. The van der Waals surface area contributed by atoms with E-state index in [1.54, 1.807) is 0 Å². The number of anilines is 3. The number of fused-ring (bicyclic) bond motifs is 8. The molecule has 2 heteroatoms. The molecule has 1 aromatic heterocycles. The van der Waals surface area contributed by atoms with Gasteiger partial charge < -0.3 is 9.47 Å². The molecule has 318 valence electrons. The molecule has 0 aliphatic rings. The third kappa shape index (κ3) is 6.65. The molecule has 13 rings (SSSR count). The molecule has 12 aromatic carbocycles. The van der Waals surface area contributed by atoms with Gasteiger partial charge in [-0.3, -0.25) is 0 Å². The molecule has 0 saturated heterocycles. The molecule has 0 aliphatic carbocycles. The van der Waals surface area contributed by atoms with Crippen LogP contribution in [0.1, 0.15) is 0 Å². The van der Waals surface area contributed by atoms with Gasteiger partial charge in [0.25, 0.3) is 0 Å². The Morgan fingerprint density at radius 3 is 1.57 bits per heavy atom. The van der Waals surface area contributed by atoms with Gasteiger partial charge >= 0.3 is 0 Å². The second-order valence-electron chi connectivity index (χ2n) is 17.6. The molecule has 0 N–H and O–H groups in total. The standard InChI is InChI=1S/C66H44N2/c1-3-17-45(18-4-1)46-33-38-52(39-34-46)67(54-24-15-23-50(43-54)62-44-51-22-8-9-25-55(51)58-27-11-12-28-59(58)62)53-40-35-49(36-41-53)65-56(47-19-5-2-6-20-47)30-16-32-64(65)68-63-31-14-13-29-60(63)61-42-37-48-21-7-10-26-57(48)66(61)68/h1-44H. The topological polar surface area (TPSA) is 8.17 Å². The predicted octanol–water partition coefficient (Wildman–Crippen LogP) is 18.4. The number of para-hydroxylation sites is 1. The SMILES string of the molecule is c1ccc(-c2ccc(N(c3ccc(-c4c(-c5ccccc5)cccc4-n4c5ccccc5c5ccc6ccccc6c54)cc3)c3cccc(-c4cc5ccccc5c5ccccc45)c3)cc2)cc1. The number of rotatable bonds is 8. The first-order chi connectivity index (χ1) is 33.7. The number of hydrogen-bond acceptors (Lipinski definition) is 1. The smallest absolute Gasteiger partial charge is 0.0619 e. The summed E-state index contributed by atoms with van der Waals surface area (Å²) in [5, 5.41) is 9.97. The van der Waals surface area contributed by atoms with Gasteiger partial charge in [0.1, 0.15) is 0 Å². The molecule has 2 nitrogen and oxygen atoms in total. The van der Waals surface area contributed by atoms with Crippen molar-refractivity contribution < 1.29 is 0 Å². The van der Waals surface area contributed by atoms with Crippen molar-refractivity contribution in [2.45, 2.75) is 0 Å². The fourth-order valence-electron chi connectivity index (χ4n) is 10.6. The Hall–Kier alpha value is -8.98. The van der Waals surface area contributed by atoms with Crippen molar-refractivity contribution >= 4 is 71.2 Å². The van der Waals surface area contributed by atoms with Crippen LogP contribution >= 0.6 is 0 Å². The minimum atomic E-state index is 1.07. The normalized spacial score (nSPS) is 11.5. The van der Waals surface area contributed by atoms with Crippen LogP contribution in [0, 0.1) is 0 Å². The zero-order valence-corrected chi connectivity index (χ0v) is 37.3. The van der Waals surface area contributed by atoms with E-state index >= 15 is 0 Å². The van der Waals surface area contributed by atoms with E-state index in [0.29, 0.717) is 0 Å². The maximum absolute atomic E-state index is 2.51. The molecular formula is C66H44N2. The first-order valence-electron chi connectivity index (χ1n) is 23.4. The lowest BCUT2D eigenvalue weighted by molar-refractivity contribution is 1.19. The Morgan fingerprint density at radius 2 is 0.824 bits per heavy atom. The highest BCUT2D eigenvalue weighted by molar-refractivity contribution is 6.19.